The van der Waals surface area contributed by atoms with Gasteiger partial charge in [-0.05, 0) is 19.1 Å². The standard InChI is InChI=1S/C12H15ClFNO3/c1-2-18-11(17)6-8(16)7-15-12-9(13)4-3-5-10(12)14/h3-5,8,15-16H,2,6-7H2,1H3. The number of ether oxygens (including phenoxy) is 1. The number of carbonyl (C=O) groups is 1. The molecule has 0 saturated heterocycles. The van der Waals surface area contributed by atoms with Gasteiger partial charge in [0, 0.05) is 6.54 Å². The minimum atomic E-state index is -0.959. The van der Waals surface area contributed by atoms with E-state index in [1.807, 2.05) is 0 Å². The summed E-state index contributed by atoms with van der Waals surface area (Å²) in [5, 5.41) is 12.4. The predicted octanol–water partition coefficient (Wildman–Crippen LogP) is 2.21. The van der Waals surface area contributed by atoms with Crippen LogP contribution in [0.3, 0.4) is 0 Å². The summed E-state index contributed by atoms with van der Waals surface area (Å²) in [6.07, 6.45) is -1.10. The van der Waals surface area contributed by atoms with Crippen molar-refractivity contribution in [3.05, 3.63) is 29.0 Å². The van der Waals surface area contributed by atoms with Gasteiger partial charge in [-0.25, -0.2) is 4.39 Å². The van der Waals surface area contributed by atoms with E-state index in [-0.39, 0.29) is 30.3 Å². The molecule has 0 amide bonds. The first-order chi connectivity index (χ1) is 8.54. The molecule has 100 valence electrons. The smallest absolute Gasteiger partial charge is 0.308 e. The minimum Gasteiger partial charge on any atom is -0.466 e. The van der Waals surface area contributed by atoms with Crippen molar-refractivity contribution in [1.82, 2.24) is 0 Å². The second-order valence-electron chi connectivity index (χ2n) is 3.64. The van der Waals surface area contributed by atoms with E-state index in [1.54, 1.807) is 6.92 Å². The Morgan fingerprint density at radius 2 is 2.33 bits per heavy atom. The Hall–Kier alpha value is -1.33. The fourth-order valence-electron chi connectivity index (χ4n) is 1.37. The molecule has 4 nitrogen and oxygen atoms in total. The van der Waals surface area contributed by atoms with E-state index in [2.05, 4.69) is 10.1 Å². The number of anilines is 1. The van der Waals surface area contributed by atoms with Crippen LogP contribution in [0, 0.1) is 5.82 Å². The van der Waals surface area contributed by atoms with Gasteiger partial charge in [0.15, 0.2) is 0 Å². The van der Waals surface area contributed by atoms with Gasteiger partial charge in [-0.15, -0.1) is 0 Å². The molecule has 0 aliphatic carbocycles. The van der Waals surface area contributed by atoms with Crippen molar-refractivity contribution in [2.75, 3.05) is 18.5 Å². The molecule has 0 radical (unpaired) electrons. The maximum absolute atomic E-state index is 13.4. The topological polar surface area (TPSA) is 58.6 Å². The third kappa shape index (κ3) is 4.50. The van der Waals surface area contributed by atoms with Crippen molar-refractivity contribution >= 4 is 23.3 Å². The molecule has 1 atom stereocenters. The van der Waals surface area contributed by atoms with Crippen LogP contribution in [-0.4, -0.2) is 30.3 Å². The van der Waals surface area contributed by atoms with E-state index in [9.17, 15) is 14.3 Å². The number of carbonyl (C=O) groups excluding carboxylic acids is 1. The average Bonchev–Trinajstić information content (AvgIpc) is 2.28. The van der Waals surface area contributed by atoms with Crippen molar-refractivity contribution in [2.24, 2.45) is 0 Å². The molecule has 0 aliphatic rings. The van der Waals surface area contributed by atoms with Crippen LogP contribution >= 0.6 is 11.6 Å². The van der Waals surface area contributed by atoms with E-state index in [1.165, 1.54) is 18.2 Å². The van der Waals surface area contributed by atoms with Crippen LogP contribution in [-0.2, 0) is 9.53 Å². The van der Waals surface area contributed by atoms with Gasteiger partial charge in [0.1, 0.15) is 5.82 Å². The Balaban J connectivity index is 2.47. The number of benzene rings is 1. The normalized spacial score (nSPS) is 12.0. The summed E-state index contributed by atoms with van der Waals surface area (Å²) >= 11 is 5.79. The van der Waals surface area contributed by atoms with Gasteiger partial charge in [-0.3, -0.25) is 4.79 Å². The first kappa shape index (κ1) is 14.7. The maximum atomic E-state index is 13.4. The molecule has 1 aromatic rings. The molecule has 0 aromatic heterocycles. The average molecular weight is 276 g/mol. The largest absolute Gasteiger partial charge is 0.466 e. The van der Waals surface area contributed by atoms with Crippen molar-refractivity contribution < 1.29 is 19.0 Å². The number of nitrogens with one attached hydrogen (secondary N) is 1. The van der Waals surface area contributed by atoms with Crippen molar-refractivity contribution in [3.63, 3.8) is 0 Å². The summed E-state index contributed by atoms with van der Waals surface area (Å²) < 4.78 is 18.0. The van der Waals surface area contributed by atoms with Crippen LogP contribution in [0.5, 0.6) is 0 Å². The molecule has 6 heteroatoms. The lowest BCUT2D eigenvalue weighted by Crippen LogP contribution is -2.24. The Morgan fingerprint density at radius 1 is 1.61 bits per heavy atom. The van der Waals surface area contributed by atoms with Gasteiger partial charge in [0.25, 0.3) is 0 Å². The Kier molecular flexibility index (Phi) is 5.88. The number of aliphatic hydroxyl groups is 1. The van der Waals surface area contributed by atoms with Gasteiger partial charge in [0.05, 0.1) is 29.8 Å². The number of rotatable bonds is 6. The van der Waals surface area contributed by atoms with E-state index in [4.69, 9.17) is 11.6 Å². The molecule has 1 rings (SSSR count). The molecule has 0 saturated carbocycles. The maximum Gasteiger partial charge on any atom is 0.308 e. The predicted molar refractivity (Wildman–Crippen MR) is 67.2 cm³/mol. The first-order valence-corrected chi connectivity index (χ1v) is 5.94. The molecular formula is C12H15ClFNO3. The highest BCUT2D eigenvalue weighted by Gasteiger charge is 2.13. The number of halogens is 2. The Labute approximate surface area is 110 Å². The number of hydrogen-bond donors (Lipinski definition) is 2. The molecule has 1 aromatic carbocycles. The molecule has 0 heterocycles. The first-order valence-electron chi connectivity index (χ1n) is 5.56. The third-order valence-corrected chi connectivity index (χ3v) is 2.50. The van der Waals surface area contributed by atoms with Crippen molar-refractivity contribution in [2.45, 2.75) is 19.4 Å². The van der Waals surface area contributed by atoms with Gasteiger partial charge in [0.2, 0.25) is 0 Å². The highest BCUT2D eigenvalue weighted by atomic mass is 35.5. The Bertz CT molecular complexity index is 394. The zero-order valence-electron chi connectivity index (χ0n) is 9.95. The third-order valence-electron chi connectivity index (χ3n) is 2.18. The zero-order valence-corrected chi connectivity index (χ0v) is 10.7. The number of aliphatic hydroxyl groups excluding tert-OH is 1. The molecule has 0 aliphatic heterocycles. The lowest BCUT2D eigenvalue weighted by Gasteiger charge is -2.13. The SMILES string of the molecule is CCOC(=O)CC(O)CNc1c(F)cccc1Cl. The second kappa shape index (κ2) is 7.18. The fourth-order valence-corrected chi connectivity index (χ4v) is 1.60. The van der Waals surface area contributed by atoms with E-state index in [0.717, 1.165) is 0 Å². The highest BCUT2D eigenvalue weighted by Crippen LogP contribution is 2.24. The molecule has 0 bridgehead atoms. The summed E-state index contributed by atoms with van der Waals surface area (Å²) in [5.74, 6) is -1.00. The lowest BCUT2D eigenvalue weighted by molar-refractivity contribution is -0.145. The molecule has 18 heavy (non-hydrogen) atoms. The van der Waals surface area contributed by atoms with Gasteiger partial charge >= 0.3 is 5.97 Å². The van der Waals surface area contributed by atoms with Crippen LogP contribution in [0.1, 0.15) is 13.3 Å². The molecule has 0 spiro atoms. The quantitative estimate of drug-likeness (QED) is 0.782. The highest BCUT2D eigenvalue weighted by molar-refractivity contribution is 6.33. The van der Waals surface area contributed by atoms with Crippen molar-refractivity contribution in [3.8, 4) is 0 Å². The number of esters is 1. The summed E-state index contributed by atoms with van der Waals surface area (Å²) in [6.45, 7) is 1.96. The fraction of sp³-hybridized carbons (Fsp3) is 0.417. The number of para-hydroxylation sites is 1. The lowest BCUT2D eigenvalue weighted by atomic mass is 10.2. The van der Waals surface area contributed by atoms with Gasteiger partial charge < -0.3 is 15.2 Å². The van der Waals surface area contributed by atoms with E-state index < -0.39 is 17.9 Å². The van der Waals surface area contributed by atoms with Crippen LogP contribution in [0.2, 0.25) is 5.02 Å². The van der Waals surface area contributed by atoms with Crippen LogP contribution in [0.15, 0.2) is 18.2 Å². The Morgan fingerprint density at radius 3 is 2.94 bits per heavy atom. The van der Waals surface area contributed by atoms with Crippen LogP contribution in [0.4, 0.5) is 10.1 Å². The van der Waals surface area contributed by atoms with E-state index >= 15 is 0 Å². The zero-order chi connectivity index (χ0) is 13.5. The second-order valence-corrected chi connectivity index (χ2v) is 4.05. The summed E-state index contributed by atoms with van der Waals surface area (Å²) in [6, 6.07) is 4.27. The minimum absolute atomic E-state index is 0.0134. The van der Waals surface area contributed by atoms with Crippen molar-refractivity contribution in [1.29, 1.82) is 0 Å². The molecule has 1 unspecified atom stereocenters. The van der Waals surface area contributed by atoms with E-state index in [0.29, 0.717) is 0 Å². The summed E-state index contributed by atoms with van der Waals surface area (Å²) in [5.41, 5.74) is 0.113. The molecular weight excluding hydrogens is 261 g/mol. The van der Waals surface area contributed by atoms with Crippen LogP contribution in [0.25, 0.3) is 0 Å². The van der Waals surface area contributed by atoms with Gasteiger partial charge in [-0.1, -0.05) is 17.7 Å². The van der Waals surface area contributed by atoms with Gasteiger partial charge in [-0.2, -0.15) is 0 Å². The summed E-state index contributed by atoms with van der Waals surface area (Å²) in [4.78, 5) is 11.1. The number of hydrogen-bond acceptors (Lipinski definition) is 4. The molecule has 0 fully saturated rings. The van der Waals surface area contributed by atoms with Crippen LogP contribution < -0.4 is 5.32 Å². The monoisotopic (exact) mass is 275 g/mol. The summed E-state index contributed by atoms with van der Waals surface area (Å²) in [7, 11) is 0. The molecule has 2 N–H and O–H groups in total.